The van der Waals surface area contributed by atoms with E-state index in [-0.39, 0.29) is 6.42 Å². The van der Waals surface area contributed by atoms with Crippen molar-refractivity contribution in [2.75, 3.05) is 0 Å². The molecule has 3 aromatic rings. The smallest absolute Gasteiger partial charge is 0.408 e. The van der Waals surface area contributed by atoms with Gasteiger partial charge in [-0.05, 0) is 60.4 Å². The Hall–Kier alpha value is -3.08. The number of alkyl carbamates (subject to hydrolysis) is 1. The van der Waals surface area contributed by atoms with E-state index in [2.05, 4.69) is 12.2 Å². The Morgan fingerprint density at radius 1 is 0.964 bits per heavy atom. The molecule has 0 aliphatic rings. The molecule has 0 spiro atoms. The standard InChI is InChI=1S/C23H25NO4/c1-14-15-9-5-7-11-17(15)19(18-12-8-6-10-16(14)18)13-20(21(25)26)24-22(27)28-23(2,3)4/h5-12,20H,13H2,1-4H3,(H,24,27)(H,25,26). The molecule has 0 heterocycles. The third kappa shape index (κ3) is 4.09. The van der Waals surface area contributed by atoms with Crippen molar-refractivity contribution in [1.82, 2.24) is 5.32 Å². The van der Waals surface area contributed by atoms with Crippen LogP contribution >= 0.6 is 0 Å². The van der Waals surface area contributed by atoms with Gasteiger partial charge in [-0.15, -0.1) is 0 Å². The summed E-state index contributed by atoms with van der Waals surface area (Å²) in [5.41, 5.74) is 1.36. The van der Waals surface area contributed by atoms with Gasteiger partial charge in [0.05, 0.1) is 0 Å². The van der Waals surface area contributed by atoms with Gasteiger partial charge in [0.1, 0.15) is 11.6 Å². The van der Waals surface area contributed by atoms with Crippen LogP contribution in [0.2, 0.25) is 0 Å². The number of carbonyl (C=O) groups excluding carboxylic acids is 1. The number of rotatable bonds is 4. The van der Waals surface area contributed by atoms with Gasteiger partial charge in [-0.2, -0.15) is 0 Å². The maximum absolute atomic E-state index is 12.1. The fraction of sp³-hybridized carbons (Fsp3) is 0.304. The van der Waals surface area contributed by atoms with Crippen LogP contribution in [0, 0.1) is 6.92 Å². The minimum Gasteiger partial charge on any atom is -0.480 e. The number of amides is 1. The molecule has 0 fully saturated rings. The van der Waals surface area contributed by atoms with Gasteiger partial charge in [-0.1, -0.05) is 48.5 Å². The van der Waals surface area contributed by atoms with Crippen LogP contribution in [0.4, 0.5) is 4.79 Å². The monoisotopic (exact) mass is 379 g/mol. The molecule has 1 amide bonds. The van der Waals surface area contributed by atoms with Gasteiger partial charge in [0.15, 0.2) is 0 Å². The Balaban J connectivity index is 2.07. The van der Waals surface area contributed by atoms with Crippen molar-refractivity contribution < 1.29 is 19.4 Å². The average Bonchev–Trinajstić information content (AvgIpc) is 2.62. The summed E-state index contributed by atoms with van der Waals surface area (Å²) in [6, 6.07) is 14.8. The van der Waals surface area contributed by atoms with Crippen LogP contribution < -0.4 is 5.32 Å². The lowest BCUT2D eigenvalue weighted by atomic mass is 9.89. The van der Waals surface area contributed by atoms with Gasteiger partial charge in [-0.3, -0.25) is 0 Å². The van der Waals surface area contributed by atoms with Gasteiger partial charge in [0.25, 0.3) is 0 Å². The molecule has 0 aliphatic carbocycles. The molecular formula is C23H25NO4. The molecule has 0 saturated carbocycles. The first kappa shape index (κ1) is 19.7. The Labute approximate surface area is 164 Å². The third-order valence-electron chi connectivity index (χ3n) is 4.71. The van der Waals surface area contributed by atoms with Crippen LogP contribution in [0.5, 0.6) is 0 Å². The molecule has 2 N–H and O–H groups in total. The zero-order chi connectivity index (χ0) is 20.5. The summed E-state index contributed by atoms with van der Waals surface area (Å²) in [7, 11) is 0. The summed E-state index contributed by atoms with van der Waals surface area (Å²) in [6.07, 6.45) is -0.573. The second kappa shape index (κ2) is 7.50. The van der Waals surface area contributed by atoms with Crippen LogP contribution in [-0.4, -0.2) is 28.8 Å². The Morgan fingerprint density at radius 2 is 1.43 bits per heavy atom. The molecule has 28 heavy (non-hydrogen) atoms. The Kier molecular flexibility index (Phi) is 5.27. The molecule has 0 aromatic heterocycles. The van der Waals surface area contributed by atoms with E-state index >= 15 is 0 Å². The molecule has 5 nitrogen and oxygen atoms in total. The fourth-order valence-corrected chi connectivity index (χ4v) is 3.51. The number of aliphatic carboxylic acids is 1. The lowest BCUT2D eigenvalue weighted by Crippen LogP contribution is -2.44. The van der Waals surface area contributed by atoms with E-state index in [1.165, 1.54) is 0 Å². The highest BCUT2D eigenvalue weighted by Gasteiger charge is 2.26. The van der Waals surface area contributed by atoms with Gasteiger partial charge in [0, 0.05) is 6.42 Å². The summed E-state index contributed by atoms with van der Waals surface area (Å²) in [5, 5.41) is 16.4. The van der Waals surface area contributed by atoms with Crippen molar-refractivity contribution in [1.29, 1.82) is 0 Å². The number of carbonyl (C=O) groups is 2. The van der Waals surface area contributed by atoms with Crippen LogP contribution in [0.25, 0.3) is 21.5 Å². The summed E-state index contributed by atoms with van der Waals surface area (Å²) in [5.74, 6) is -1.10. The Morgan fingerprint density at radius 3 is 1.86 bits per heavy atom. The SMILES string of the molecule is Cc1c2ccccc2c(CC(NC(=O)OC(C)(C)C)C(=O)O)c2ccccc12. The predicted molar refractivity (Wildman–Crippen MR) is 111 cm³/mol. The van der Waals surface area contributed by atoms with Crippen molar-refractivity contribution in [2.24, 2.45) is 0 Å². The lowest BCUT2D eigenvalue weighted by molar-refractivity contribution is -0.139. The second-order valence-corrected chi connectivity index (χ2v) is 7.94. The first-order chi connectivity index (χ1) is 13.2. The number of nitrogens with one attached hydrogen (secondary N) is 1. The van der Waals surface area contributed by atoms with Crippen LogP contribution in [0.3, 0.4) is 0 Å². The van der Waals surface area contributed by atoms with E-state index in [1.807, 2.05) is 48.5 Å². The summed E-state index contributed by atoms with van der Waals surface area (Å²) >= 11 is 0. The molecule has 0 bridgehead atoms. The molecule has 0 saturated heterocycles. The molecule has 146 valence electrons. The van der Waals surface area contributed by atoms with Crippen LogP contribution in [0.15, 0.2) is 48.5 Å². The average molecular weight is 379 g/mol. The first-order valence-corrected chi connectivity index (χ1v) is 9.28. The number of benzene rings is 3. The van der Waals surface area contributed by atoms with Crippen molar-refractivity contribution in [3.05, 3.63) is 59.7 Å². The number of carboxylic acid groups (broad SMARTS) is 1. The van der Waals surface area contributed by atoms with E-state index in [0.29, 0.717) is 0 Å². The first-order valence-electron chi connectivity index (χ1n) is 9.28. The zero-order valence-electron chi connectivity index (χ0n) is 16.6. The van der Waals surface area contributed by atoms with Crippen molar-refractivity contribution in [3.8, 4) is 0 Å². The summed E-state index contributed by atoms with van der Waals surface area (Å²) in [4.78, 5) is 24.0. The van der Waals surface area contributed by atoms with Crippen LogP contribution in [0.1, 0.15) is 31.9 Å². The normalized spacial score (nSPS) is 12.7. The maximum Gasteiger partial charge on any atom is 0.408 e. The predicted octanol–water partition coefficient (Wildman–Crippen LogP) is 4.82. The highest BCUT2D eigenvalue weighted by molar-refractivity contribution is 6.06. The van der Waals surface area contributed by atoms with Gasteiger partial charge >= 0.3 is 12.1 Å². The summed E-state index contributed by atoms with van der Waals surface area (Å²) in [6.45, 7) is 7.29. The minimum absolute atomic E-state index is 0.163. The number of hydrogen-bond acceptors (Lipinski definition) is 3. The van der Waals surface area contributed by atoms with E-state index < -0.39 is 23.7 Å². The lowest BCUT2D eigenvalue weighted by Gasteiger charge is -2.23. The molecule has 3 aromatic carbocycles. The molecule has 3 rings (SSSR count). The van der Waals surface area contributed by atoms with Crippen molar-refractivity contribution in [2.45, 2.75) is 45.8 Å². The van der Waals surface area contributed by atoms with E-state index in [0.717, 1.165) is 32.7 Å². The van der Waals surface area contributed by atoms with Gasteiger partial charge in [0.2, 0.25) is 0 Å². The number of carboxylic acids is 1. The topological polar surface area (TPSA) is 75.6 Å². The van der Waals surface area contributed by atoms with Crippen LogP contribution in [-0.2, 0) is 16.0 Å². The largest absolute Gasteiger partial charge is 0.480 e. The highest BCUT2D eigenvalue weighted by Crippen LogP contribution is 2.33. The number of aryl methyl sites for hydroxylation is 1. The maximum atomic E-state index is 12.1. The number of fused-ring (bicyclic) bond motifs is 2. The van der Waals surface area contributed by atoms with E-state index in [9.17, 15) is 14.7 Å². The quantitative estimate of drug-likeness (QED) is 0.637. The molecule has 5 heteroatoms. The molecular weight excluding hydrogens is 354 g/mol. The van der Waals surface area contributed by atoms with Crippen molar-refractivity contribution in [3.63, 3.8) is 0 Å². The number of ether oxygens (including phenoxy) is 1. The molecule has 0 radical (unpaired) electrons. The molecule has 1 atom stereocenters. The van der Waals surface area contributed by atoms with Crippen molar-refractivity contribution >= 4 is 33.6 Å². The third-order valence-corrected chi connectivity index (χ3v) is 4.71. The fourth-order valence-electron chi connectivity index (χ4n) is 3.51. The molecule has 1 unspecified atom stereocenters. The molecule has 0 aliphatic heterocycles. The summed E-state index contributed by atoms with van der Waals surface area (Å²) < 4.78 is 5.24. The second-order valence-electron chi connectivity index (χ2n) is 7.94. The van der Waals surface area contributed by atoms with E-state index in [4.69, 9.17) is 4.74 Å². The van der Waals surface area contributed by atoms with E-state index in [1.54, 1.807) is 20.8 Å². The highest BCUT2D eigenvalue weighted by atomic mass is 16.6. The van der Waals surface area contributed by atoms with Gasteiger partial charge < -0.3 is 15.2 Å². The zero-order valence-corrected chi connectivity index (χ0v) is 16.6. The van der Waals surface area contributed by atoms with Gasteiger partial charge in [-0.25, -0.2) is 9.59 Å². The number of hydrogen-bond donors (Lipinski definition) is 2. The Bertz CT molecular complexity index is 993. The minimum atomic E-state index is -1.10.